The Kier molecular flexibility index (Phi) is 12.7. The quantitative estimate of drug-likeness (QED) is 0.122. The molecule has 5 aromatic rings. The van der Waals surface area contributed by atoms with Gasteiger partial charge < -0.3 is 15.0 Å². The minimum atomic E-state index is -4.26. The Bertz CT molecular complexity index is 2080. The molecule has 6 rings (SSSR count). The summed E-state index contributed by atoms with van der Waals surface area (Å²) in [6.45, 7) is -0.603. The number of hydrogen-bond acceptors (Lipinski definition) is 5. The van der Waals surface area contributed by atoms with E-state index < -0.39 is 28.5 Å². The number of anilines is 1. The Morgan fingerprint density at radius 2 is 1.32 bits per heavy atom. The molecule has 0 bridgehead atoms. The number of carbonyl (C=O) groups excluding carboxylic acids is 2. The maximum absolute atomic E-state index is 14.9. The summed E-state index contributed by atoms with van der Waals surface area (Å²) in [5.74, 6) is 0.249. The van der Waals surface area contributed by atoms with E-state index in [2.05, 4.69) is 5.32 Å². The molecule has 2 amide bonds. The monoisotopic (exact) mass is 769 g/mol. The van der Waals surface area contributed by atoms with Crippen LogP contribution in [0.5, 0.6) is 11.5 Å². The first-order chi connectivity index (χ1) is 25.7. The van der Waals surface area contributed by atoms with Crippen LogP contribution in [-0.2, 0) is 32.6 Å². The predicted molar refractivity (Wildman–Crippen MR) is 210 cm³/mol. The lowest BCUT2D eigenvalue weighted by atomic mass is 9.94. The van der Waals surface area contributed by atoms with Gasteiger partial charge in [0.1, 0.15) is 24.1 Å². The van der Waals surface area contributed by atoms with Gasteiger partial charge in [-0.1, -0.05) is 115 Å². The van der Waals surface area contributed by atoms with Crippen LogP contribution in [0.15, 0.2) is 138 Å². The van der Waals surface area contributed by atoms with E-state index >= 15 is 0 Å². The number of para-hydroxylation sites is 1. The minimum absolute atomic E-state index is 0.0111. The summed E-state index contributed by atoms with van der Waals surface area (Å²) >= 11 is 12.7. The first-order valence-electron chi connectivity index (χ1n) is 17.7. The van der Waals surface area contributed by atoms with Crippen LogP contribution in [0.4, 0.5) is 5.69 Å². The highest BCUT2D eigenvalue weighted by molar-refractivity contribution is 7.92. The maximum Gasteiger partial charge on any atom is 0.264 e. The van der Waals surface area contributed by atoms with E-state index in [9.17, 15) is 18.0 Å². The second-order valence-corrected chi connectivity index (χ2v) is 15.7. The smallest absolute Gasteiger partial charge is 0.264 e. The van der Waals surface area contributed by atoms with E-state index in [0.29, 0.717) is 27.1 Å². The molecule has 0 heterocycles. The lowest BCUT2D eigenvalue weighted by molar-refractivity contribution is -0.140. The van der Waals surface area contributed by atoms with Crippen molar-refractivity contribution in [2.24, 2.45) is 0 Å². The fourth-order valence-electron chi connectivity index (χ4n) is 6.49. The zero-order valence-corrected chi connectivity index (χ0v) is 31.4. The number of sulfonamides is 1. The number of halogens is 2. The van der Waals surface area contributed by atoms with Crippen LogP contribution in [-0.4, -0.2) is 43.8 Å². The van der Waals surface area contributed by atoms with Crippen molar-refractivity contribution in [3.8, 4) is 11.5 Å². The zero-order valence-electron chi connectivity index (χ0n) is 29.1. The fourth-order valence-corrected chi connectivity index (χ4v) is 8.24. The van der Waals surface area contributed by atoms with Crippen molar-refractivity contribution < 1.29 is 22.7 Å². The molecule has 1 N–H and O–H groups in total. The number of ether oxygens (including phenoxy) is 1. The molecule has 8 nitrogen and oxygen atoms in total. The Morgan fingerprint density at radius 3 is 1.96 bits per heavy atom. The van der Waals surface area contributed by atoms with Crippen LogP contribution in [0.3, 0.4) is 0 Å². The Hall–Kier alpha value is -4.83. The highest BCUT2D eigenvalue weighted by Gasteiger charge is 2.35. The summed E-state index contributed by atoms with van der Waals surface area (Å²) < 4.78 is 35.8. The Morgan fingerprint density at radius 1 is 0.717 bits per heavy atom. The van der Waals surface area contributed by atoms with Crippen molar-refractivity contribution in [3.05, 3.63) is 155 Å². The second-order valence-electron chi connectivity index (χ2n) is 13.1. The van der Waals surface area contributed by atoms with E-state index in [1.54, 1.807) is 60.7 Å². The predicted octanol–water partition coefficient (Wildman–Crippen LogP) is 9.07. The van der Waals surface area contributed by atoms with Gasteiger partial charge >= 0.3 is 0 Å². The molecular weight excluding hydrogens is 729 g/mol. The largest absolute Gasteiger partial charge is 0.457 e. The van der Waals surface area contributed by atoms with Crippen molar-refractivity contribution in [2.75, 3.05) is 10.8 Å². The molecule has 1 aliphatic carbocycles. The van der Waals surface area contributed by atoms with Crippen molar-refractivity contribution in [1.82, 2.24) is 10.2 Å². The molecule has 0 radical (unpaired) electrons. The van der Waals surface area contributed by atoms with Gasteiger partial charge in [0.15, 0.2) is 0 Å². The zero-order chi connectivity index (χ0) is 37.2. The second kappa shape index (κ2) is 17.8. The SMILES string of the molecule is O=C(NC1CCCCC1)[C@H](Cc1ccccc1)N(Cc1ccc(Cl)c(Cl)c1)C(=O)CN(c1ccc(Oc2ccccc2)cc1)S(=O)(=O)c1ccccc1. The van der Waals surface area contributed by atoms with Crippen LogP contribution in [0.25, 0.3) is 0 Å². The molecule has 1 aliphatic rings. The first-order valence-corrected chi connectivity index (χ1v) is 19.9. The van der Waals surface area contributed by atoms with E-state index in [0.717, 1.165) is 42.0 Å². The molecule has 1 fully saturated rings. The molecule has 274 valence electrons. The number of amides is 2. The molecule has 0 aromatic heterocycles. The van der Waals surface area contributed by atoms with Gasteiger partial charge in [-0.15, -0.1) is 0 Å². The normalized spacial score (nSPS) is 13.8. The number of rotatable bonds is 14. The molecule has 0 spiro atoms. The molecule has 53 heavy (non-hydrogen) atoms. The first kappa shape index (κ1) is 37.9. The lowest BCUT2D eigenvalue weighted by Crippen LogP contribution is -2.55. The average Bonchev–Trinajstić information content (AvgIpc) is 3.18. The van der Waals surface area contributed by atoms with Crippen LogP contribution in [0.1, 0.15) is 43.2 Å². The van der Waals surface area contributed by atoms with E-state index in [1.165, 1.54) is 17.0 Å². The standard InChI is InChI=1S/C42H41Cl2N3O5S/c43-38-26-21-32(27-39(38)44)29-46(40(28-31-13-5-1-6-14-31)42(49)45-33-15-7-2-8-16-33)41(48)30-47(53(50,51)37-19-11-4-12-20-37)34-22-24-36(25-23-34)52-35-17-9-3-10-18-35/h1,3-6,9-14,17-27,33,40H,2,7-8,15-16,28-30H2,(H,45,49)/t40-/m0/s1. The number of benzene rings is 5. The molecular formula is C42H41Cl2N3O5S. The molecule has 1 saturated carbocycles. The van der Waals surface area contributed by atoms with Crippen LogP contribution >= 0.6 is 23.2 Å². The maximum atomic E-state index is 14.9. The minimum Gasteiger partial charge on any atom is -0.457 e. The lowest BCUT2D eigenvalue weighted by Gasteiger charge is -2.35. The van der Waals surface area contributed by atoms with Crippen LogP contribution in [0.2, 0.25) is 10.0 Å². The van der Waals surface area contributed by atoms with Crippen molar-refractivity contribution in [2.45, 2.75) is 62.0 Å². The van der Waals surface area contributed by atoms with Crippen molar-refractivity contribution >= 4 is 50.7 Å². The summed E-state index contributed by atoms with van der Waals surface area (Å²) in [5, 5.41) is 3.87. The van der Waals surface area contributed by atoms with E-state index in [1.807, 2.05) is 60.7 Å². The van der Waals surface area contributed by atoms with Crippen LogP contribution < -0.4 is 14.4 Å². The highest BCUT2D eigenvalue weighted by Crippen LogP contribution is 2.30. The van der Waals surface area contributed by atoms with Crippen LogP contribution in [0, 0.1) is 0 Å². The van der Waals surface area contributed by atoms with Crippen molar-refractivity contribution in [1.29, 1.82) is 0 Å². The molecule has 0 aliphatic heterocycles. The van der Waals surface area contributed by atoms with Gasteiger partial charge in [-0.3, -0.25) is 13.9 Å². The molecule has 11 heteroatoms. The van der Waals surface area contributed by atoms with Gasteiger partial charge in [0, 0.05) is 19.0 Å². The third-order valence-corrected chi connectivity index (χ3v) is 11.8. The van der Waals surface area contributed by atoms with E-state index in [4.69, 9.17) is 27.9 Å². The van der Waals surface area contributed by atoms with Gasteiger partial charge in [-0.05, 0) is 84.6 Å². The van der Waals surface area contributed by atoms with Gasteiger partial charge in [0.25, 0.3) is 10.0 Å². The number of hydrogen-bond donors (Lipinski definition) is 1. The summed E-state index contributed by atoms with van der Waals surface area (Å²) in [6.07, 6.45) is 5.08. The summed E-state index contributed by atoms with van der Waals surface area (Å²) in [6, 6.07) is 37.3. The number of nitrogens with one attached hydrogen (secondary N) is 1. The summed E-state index contributed by atoms with van der Waals surface area (Å²) in [7, 11) is -4.26. The highest BCUT2D eigenvalue weighted by atomic mass is 35.5. The van der Waals surface area contributed by atoms with Gasteiger partial charge in [0.2, 0.25) is 11.8 Å². The van der Waals surface area contributed by atoms with Gasteiger partial charge in [-0.2, -0.15) is 0 Å². The van der Waals surface area contributed by atoms with Gasteiger partial charge in [-0.25, -0.2) is 8.42 Å². The van der Waals surface area contributed by atoms with Gasteiger partial charge in [0.05, 0.1) is 20.6 Å². The fraction of sp³-hybridized carbons (Fsp3) is 0.238. The summed E-state index contributed by atoms with van der Waals surface area (Å²) in [4.78, 5) is 30.7. The van der Waals surface area contributed by atoms with E-state index in [-0.39, 0.29) is 35.5 Å². The van der Waals surface area contributed by atoms with Crippen molar-refractivity contribution in [3.63, 3.8) is 0 Å². The third kappa shape index (κ3) is 9.99. The molecule has 5 aromatic carbocycles. The topological polar surface area (TPSA) is 96.0 Å². The molecule has 1 atom stereocenters. The Balaban J connectivity index is 1.39. The third-order valence-electron chi connectivity index (χ3n) is 9.27. The number of nitrogens with zero attached hydrogens (tertiary/aromatic N) is 2. The Labute approximate surface area is 321 Å². The number of carbonyl (C=O) groups is 2. The summed E-state index contributed by atoms with van der Waals surface area (Å²) in [5.41, 5.74) is 1.74. The average molecular weight is 771 g/mol. The molecule has 0 unspecified atom stereocenters. The molecule has 0 saturated heterocycles.